The van der Waals surface area contributed by atoms with Crippen molar-refractivity contribution in [2.75, 3.05) is 11.9 Å². The summed E-state index contributed by atoms with van der Waals surface area (Å²) in [4.78, 5) is 11.9. The summed E-state index contributed by atoms with van der Waals surface area (Å²) in [5, 5.41) is 11.8. The van der Waals surface area contributed by atoms with E-state index in [1.165, 1.54) is 0 Å². The van der Waals surface area contributed by atoms with Crippen LogP contribution in [-0.2, 0) is 4.79 Å². The van der Waals surface area contributed by atoms with Crippen LogP contribution in [0, 0.1) is 11.3 Å². The Hall–Kier alpha value is -1.54. The van der Waals surface area contributed by atoms with Gasteiger partial charge in [0.1, 0.15) is 11.8 Å². The minimum Gasteiger partial charge on any atom is -0.494 e. The summed E-state index contributed by atoms with van der Waals surface area (Å²) in [7, 11) is 0. The molecule has 1 aromatic carbocycles. The maximum atomic E-state index is 11.9. The Morgan fingerprint density at radius 3 is 2.74 bits per heavy atom. The summed E-state index contributed by atoms with van der Waals surface area (Å²) >= 11 is 3.28. The molecule has 0 aliphatic carbocycles. The zero-order valence-corrected chi connectivity index (χ0v) is 12.9. The number of carbonyl (C=O) groups excluding carboxylic acids is 1. The summed E-state index contributed by atoms with van der Waals surface area (Å²) in [5.74, 6) is 0.431. The lowest BCUT2D eigenvalue weighted by molar-refractivity contribution is -0.117. The first-order chi connectivity index (χ1) is 8.88. The smallest absolute Gasteiger partial charge is 0.240 e. The summed E-state index contributed by atoms with van der Waals surface area (Å²) in [6, 6.07) is 7.11. The summed E-state index contributed by atoms with van der Waals surface area (Å²) in [5.41, 5.74) is 0.877. The molecule has 102 valence electrons. The van der Waals surface area contributed by atoms with Gasteiger partial charge in [-0.2, -0.15) is 5.26 Å². The molecule has 0 spiro atoms. The molecule has 0 bridgehead atoms. The maximum Gasteiger partial charge on any atom is 0.240 e. The maximum absolute atomic E-state index is 11.9. The lowest BCUT2D eigenvalue weighted by Crippen LogP contribution is -2.31. The van der Waals surface area contributed by atoms with E-state index in [4.69, 9.17) is 10.00 Å². The number of ether oxygens (including phenoxy) is 1. The van der Waals surface area contributed by atoms with Crippen molar-refractivity contribution in [3.63, 3.8) is 0 Å². The fraction of sp³-hybridized carbons (Fsp3) is 0.429. The summed E-state index contributed by atoms with van der Waals surface area (Å²) < 4.78 is 4.77. The highest BCUT2D eigenvalue weighted by Crippen LogP contribution is 2.24. The highest BCUT2D eigenvalue weighted by molar-refractivity contribution is 9.10. The molecule has 0 fully saturated rings. The second-order valence-electron chi connectivity index (χ2n) is 4.59. The highest BCUT2D eigenvalue weighted by Gasteiger charge is 2.24. The monoisotopic (exact) mass is 324 g/mol. The van der Waals surface area contributed by atoms with E-state index >= 15 is 0 Å². The molecule has 1 N–H and O–H groups in total. The van der Waals surface area contributed by atoms with Gasteiger partial charge in [0, 0.05) is 0 Å². The minimum atomic E-state index is -0.683. The number of nitrogens with zero attached hydrogens (tertiary/aromatic N) is 1. The number of halogens is 1. The molecule has 0 radical (unpaired) electrons. The van der Waals surface area contributed by atoms with Crippen LogP contribution in [0.3, 0.4) is 0 Å². The van der Waals surface area contributed by atoms with Crippen molar-refractivity contribution in [1.82, 2.24) is 0 Å². The van der Waals surface area contributed by atoms with Gasteiger partial charge in [0.15, 0.2) is 0 Å². The molecular formula is C14H17BrN2O2. The molecule has 0 saturated heterocycles. The van der Waals surface area contributed by atoms with Gasteiger partial charge in [-0.25, -0.2) is 0 Å². The van der Waals surface area contributed by atoms with E-state index in [9.17, 15) is 4.79 Å². The zero-order valence-electron chi connectivity index (χ0n) is 11.3. The zero-order chi connectivity index (χ0) is 14.5. The molecule has 1 amide bonds. The molecule has 0 aliphatic heterocycles. The Morgan fingerprint density at radius 2 is 2.21 bits per heavy atom. The van der Waals surface area contributed by atoms with Crippen molar-refractivity contribution in [2.45, 2.75) is 31.5 Å². The number of alkyl halides is 1. The van der Waals surface area contributed by atoms with E-state index < -0.39 is 4.32 Å². The van der Waals surface area contributed by atoms with E-state index in [0.717, 1.165) is 6.42 Å². The fourth-order valence-electron chi connectivity index (χ4n) is 1.31. The Kier molecular flexibility index (Phi) is 5.37. The number of amides is 1. The Labute approximate surface area is 121 Å². The normalized spacial score (nSPS) is 10.7. The second kappa shape index (κ2) is 6.58. The van der Waals surface area contributed by atoms with Gasteiger partial charge in [-0.3, -0.25) is 4.79 Å². The van der Waals surface area contributed by atoms with E-state index in [-0.39, 0.29) is 5.91 Å². The van der Waals surface area contributed by atoms with Crippen LogP contribution in [0.1, 0.15) is 32.8 Å². The molecule has 5 heteroatoms. The number of rotatable bonds is 5. The van der Waals surface area contributed by atoms with Gasteiger partial charge in [-0.1, -0.05) is 22.9 Å². The first-order valence-corrected chi connectivity index (χ1v) is 6.85. The second-order valence-corrected chi connectivity index (χ2v) is 6.58. The molecule has 0 atom stereocenters. The van der Waals surface area contributed by atoms with Gasteiger partial charge >= 0.3 is 0 Å². The van der Waals surface area contributed by atoms with Crippen molar-refractivity contribution in [1.29, 1.82) is 5.26 Å². The molecule has 0 heterocycles. The Balaban J connectivity index is 2.91. The third-order valence-corrected chi connectivity index (χ3v) is 2.73. The molecule has 1 rings (SSSR count). The number of nitriles is 1. The average Bonchev–Trinajstić information content (AvgIpc) is 2.36. The predicted molar refractivity (Wildman–Crippen MR) is 78.6 cm³/mol. The van der Waals surface area contributed by atoms with Crippen LogP contribution in [0.5, 0.6) is 5.75 Å². The lowest BCUT2D eigenvalue weighted by Gasteiger charge is -2.17. The molecule has 1 aromatic rings. The summed E-state index contributed by atoms with van der Waals surface area (Å²) in [6.45, 7) is 6.10. The van der Waals surface area contributed by atoms with E-state index in [0.29, 0.717) is 23.6 Å². The van der Waals surface area contributed by atoms with Crippen LogP contribution in [0.25, 0.3) is 0 Å². The average molecular weight is 325 g/mol. The van der Waals surface area contributed by atoms with Crippen LogP contribution in [0.4, 0.5) is 5.69 Å². The number of benzene rings is 1. The molecule has 19 heavy (non-hydrogen) atoms. The van der Waals surface area contributed by atoms with Gasteiger partial charge < -0.3 is 10.1 Å². The van der Waals surface area contributed by atoms with Crippen molar-refractivity contribution in [3.05, 3.63) is 23.8 Å². The van der Waals surface area contributed by atoms with Crippen molar-refractivity contribution >= 4 is 27.5 Å². The SMILES string of the molecule is CCCOc1ccc(NC(=O)C(C)(C)Br)c(C#N)c1. The Bertz CT molecular complexity index is 501. The van der Waals surface area contributed by atoms with Crippen LogP contribution in [0.2, 0.25) is 0 Å². The third kappa shape index (κ3) is 4.56. The fourth-order valence-corrected chi connectivity index (χ4v) is 1.40. The van der Waals surface area contributed by atoms with Crippen LogP contribution < -0.4 is 10.1 Å². The highest BCUT2D eigenvalue weighted by atomic mass is 79.9. The quantitative estimate of drug-likeness (QED) is 0.843. The number of anilines is 1. The first kappa shape index (κ1) is 15.5. The largest absolute Gasteiger partial charge is 0.494 e. The lowest BCUT2D eigenvalue weighted by atomic mass is 10.1. The third-order valence-electron chi connectivity index (χ3n) is 2.37. The number of hydrogen-bond donors (Lipinski definition) is 1. The number of hydrogen-bond acceptors (Lipinski definition) is 3. The van der Waals surface area contributed by atoms with Gasteiger partial charge in [0.2, 0.25) is 5.91 Å². The Morgan fingerprint density at radius 1 is 1.53 bits per heavy atom. The molecule has 0 saturated carbocycles. The van der Waals surface area contributed by atoms with Crippen molar-refractivity contribution in [2.24, 2.45) is 0 Å². The molecule has 0 aliphatic rings. The van der Waals surface area contributed by atoms with Gasteiger partial charge in [0.05, 0.1) is 22.2 Å². The van der Waals surface area contributed by atoms with E-state index in [1.807, 2.05) is 6.92 Å². The molecular weight excluding hydrogens is 308 g/mol. The topological polar surface area (TPSA) is 62.1 Å². The van der Waals surface area contributed by atoms with Gasteiger partial charge in [-0.05, 0) is 38.5 Å². The molecule has 4 nitrogen and oxygen atoms in total. The van der Waals surface area contributed by atoms with Crippen molar-refractivity contribution in [3.8, 4) is 11.8 Å². The van der Waals surface area contributed by atoms with E-state index in [2.05, 4.69) is 27.3 Å². The summed E-state index contributed by atoms with van der Waals surface area (Å²) in [6.07, 6.45) is 0.901. The number of nitrogens with one attached hydrogen (secondary N) is 1. The standard InChI is InChI=1S/C14H17BrN2O2/c1-4-7-19-11-5-6-12(10(8-11)9-16)17-13(18)14(2,3)15/h5-6,8H,4,7H2,1-3H3,(H,17,18). The molecule has 0 unspecified atom stereocenters. The van der Waals surface area contributed by atoms with Crippen LogP contribution in [0.15, 0.2) is 18.2 Å². The van der Waals surface area contributed by atoms with Crippen LogP contribution >= 0.6 is 15.9 Å². The predicted octanol–water partition coefficient (Wildman–Crippen LogP) is 3.46. The van der Waals surface area contributed by atoms with E-state index in [1.54, 1.807) is 32.0 Å². The molecule has 0 aromatic heterocycles. The van der Waals surface area contributed by atoms with Gasteiger partial charge in [-0.15, -0.1) is 0 Å². The van der Waals surface area contributed by atoms with Crippen molar-refractivity contribution < 1.29 is 9.53 Å². The minimum absolute atomic E-state index is 0.203. The van der Waals surface area contributed by atoms with Crippen LogP contribution in [-0.4, -0.2) is 16.8 Å². The number of carbonyl (C=O) groups is 1. The first-order valence-electron chi connectivity index (χ1n) is 6.05. The van der Waals surface area contributed by atoms with Gasteiger partial charge in [0.25, 0.3) is 0 Å².